The van der Waals surface area contributed by atoms with Crippen molar-refractivity contribution in [3.8, 4) is 0 Å². The molecule has 0 saturated heterocycles. The van der Waals surface area contributed by atoms with Crippen molar-refractivity contribution in [3.63, 3.8) is 0 Å². The molecule has 0 radical (unpaired) electrons. The molecule has 1 aliphatic rings. The SMILES string of the molecule is Cc1ccc(SO/N=C2\CC(C)Sc3ccc(C)cc32)cc1. The van der Waals surface area contributed by atoms with Crippen LogP contribution in [0.1, 0.15) is 30.0 Å². The van der Waals surface area contributed by atoms with E-state index in [0.29, 0.717) is 5.25 Å². The molecule has 2 aromatic carbocycles. The molecule has 2 nitrogen and oxygen atoms in total. The Bertz CT molecular complexity index is 695. The fraction of sp³-hybridized carbons (Fsp3) is 0.278. The van der Waals surface area contributed by atoms with E-state index in [0.717, 1.165) is 17.0 Å². The lowest BCUT2D eigenvalue weighted by atomic mass is 10.0. The van der Waals surface area contributed by atoms with Crippen molar-refractivity contribution in [1.82, 2.24) is 0 Å². The van der Waals surface area contributed by atoms with Gasteiger partial charge < -0.3 is 4.28 Å². The smallest absolute Gasteiger partial charge is 0.125 e. The summed E-state index contributed by atoms with van der Waals surface area (Å²) in [7, 11) is 0. The van der Waals surface area contributed by atoms with Gasteiger partial charge in [0.25, 0.3) is 0 Å². The van der Waals surface area contributed by atoms with Crippen molar-refractivity contribution in [2.24, 2.45) is 5.16 Å². The first-order chi connectivity index (χ1) is 10.6. The highest BCUT2D eigenvalue weighted by molar-refractivity contribution is 8.00. The van der Waals surface area contributed by atoms with E-state index in [1.54, 1.807) is 0 Å². The predicted molar refractivity (Wildman–Crippen MR) is 95.8 cm³/mol. The molecule has 0 spiro atoms. The Hall–Kier alpha value is -1.39. The predicted octanol–water partition coefficient (Wildman–Crippen LogP) is 5.62. The van der Waals surface area contributed by atoms with Gasteiger partial charge in [-0.1, -0.05) is 41.4 Å². The van der Waals surface area contributed by atoms with Gasteiger partial charge in [0.1, 0.15) is 12.0 Å². The van der Waals surface area contributed by atoms with E-state index in [1.807, 2.05) is 11.8 Å². The number of thioether (sulfide) groups is 1. The van der Waals surface area contributed by atoms with E-state index in [-0.39, 0.29) is 0 Å². The summed E-state index contributed by atoms with van der Waals surface area (Å²) >= 11 is 3.22. The molecule has 1 heterocycles. The van der Waals surface area contributed by atoms with Gasteiger partial charge in [-0.2, -0.15) is 0 Å². The quantitative estimate of drug-likeness (QED) is 0.539. The third-order valence-corrected chi connectivity index (χ3v) is 5.35. The Morgan fingerprint density at radius 1 is 1.09 bits per heavy atom. The lowest BCUT2D eigenvalue weighted by Gasteiger charge is -2.22. The third-order valence-electron chi connectivity index (χ3n) is 3.56. The molecule has 0 bridgehead atoms. The summed E-state index contributed by atoms with van der Waals surface area (Å²) in [6.07, 6.45) is 0.940. The molecule has 0 N–H and O–H groups in total. The molecule has 1 aliphatic heterocycles. The zero-order valence-corrected chi connectivity index (χ0v) is 14.6. The Balaban J connectivity index is 1.76. The van der Waals surface area contributed by atoms with E-state index in [1.165, 1.54) is 33.6 Å². The first kappa shape index (κ1) is 15.5. The monoisotopic (exact) mass is 329 g/mol. The van der Waals surface area contributed by atoms with Gasteiger partial charge in [0.05, 0.1) is 10.6 Å². The minimum atomic E-state index is 0.530. The van der Waals surface area contributed by atoms with Crippen molar-refractivity contribution in [2.45, 2.75) is 42.2 Å². The largest absolute Gasteiger partial charge is 0.317 e. The van der Waals surface area contributed by atoms with Crippen LogP contribution in [-0.2, 0) is 4.28 Å². The topological polar surface area (TPSA) is 21.6 Å². The second-order valence-corrected chi connectivity index (χ2v) is 7.91. The number of aryl methyl sites for hydroxylation is 2. The molecule has 2 aromatic rings. The normalized spacial score (nSPS) is 19.0. The maximum Gasteiger partial charge on any atom is 0.125 e. The van der Waals surface area contributed by atoms with Gasteiger partial charge in [0, 0.05) is 22.1 Å². The molecule has 22 heavy (non-hydrogen) atoms. The van der Waals surface area contributed by atoms with Crippen molar-refractivity contribution in [1.29, 1.82) is 0 Å². The van der Waals surface area contributed by atoms with Crippen molar-refractivity contribution >= 4 is 29.5 Å². The maximum absolute atomic E-state index is 5.54. The molecule has 114 valence electrons. The minimum Gasteiger partial charge on any atom is -0.317 e. The van der Waals surface area contributed by atoms with Crippen LogP contribution < -0.4 is 0 Å². The number of rotatable bonds is 3. The summed E-state index contributed by atoms with van der Waals surface area (Å²) in [6.45, 7) is 6.43. The lowest BCUT2D eigenvalue weighted by Crippen LogP contribution is -2.16. The zero-order chi connectivity index (χ0) is 15.5. The van der Waals surface area contributed by atoms with Gasteiger partial charge >= 0.3 is 0 Å². The van der Waals surface area contributed by atoms with Crippen LogP contribution >= 0.6 is 23.8 Å². The average molecular weight is 329 g/mol. The van der Waals surface area contributed by atoms with Gasteiger partial charge in [0.2, 0.25) is 0 Å². The molecule has 1 unspecified atom stereocenters. The van der Waals surface area contributed by atoms with E-state index >= 15 is 0 Å². The molecule has 0 aromatic heterocycles. The van der Waals surface area contributed by atoms with Crippen molar-refractivity contribution in [2.75, 3.05) is 0 Å². The van der Waals surface area contributed by atoms with Gasteiger partial charge in [-0.15, -0.1) is 11.8 Å². The molecule has 0 saturated carbocycles. The molecular formula is C18H19NOS2. The molecule has 0 amide bonds. The van der Waals surface area contributed by atoms with E-state index in [2.05, 4.69) is 68.4 Å². The first-order valence-electron chi connectivity index (χ1n) is 7.37. The Morgan fingerprint density at radius 2 is 1.82 bits per heavy atom. The van der Waals surface area contributed by atoms with E-state index < -0.39 is 0 Å². The number of benzene rings is 2. The maximum atomic E-state index is 5.54. The molecule has 0 aliphatic carbocycles. The van der Waals surface area contributed by atoms with Gasteiger partial charge in [-0.3, -0.25) is 0 Å². The van der Waals surface area contributed by atoms with Crippen molar-refractivity contribution in [3.05, 3.63) is 59.2 Å². The fourth-order valence-electron chi connectivity index (χ4n) is 2.40. The number of fused-ring (bicyclic) bond motifs is 1. The summed E-state index contributed by atoms with van der Waals surface area (Å²) in [6, 6.07) is 14.8. The van der Waals surface area contributed by atoms with Crippen molar-refractivity contribution < 1.29 is 4.28 Å². The molecule has 4 heteroatoms. The lowest BCUT2D eigenvalue weighted by molar-refractivity contribution is 0.403. The van der Waals surface area contributed by atoms with Crippen LogP contribution in [0.4, 0.5) is 0 Å². The van der Waals surface area contributed by atoms with Crippen LogP contribution in [0.2, 0.25) is 0 Å². The van der Waals surface area contributed by atoms with Crippen LogP contribution in [0.15, 0.2) is 57.4 Å². The standard InChI is InChI=1S/C18H19NOS2/c1-12-4-7-15(8-5-12)22-20-19-17-11-14(3)21-18-9-6-13(2)10-16(17)18/h4-10,14H,11H2,1-3H3/b19-17+. The van der Waals surface area contributed by atoms with Crippen LogP contribution in [-0.4, -0.2) is 11.0 Å². The van der Waals surface area contributed by atoms with Crippen LogP contribution in [0.5, 0.6) is 0 Å². The number of hydrogen-bond donors (Lipinski definition) is 0. The highest BCUT2D eigenvalue weighted by atomic mass is 32.2. The number of hydrogen-bond acceptors (Lipinski definition) is 4. The van der Waals surface area contributed by atoms with Gasteiger partial charge in [-0.25, -0.2) is 0 Å². The summed E-state index contributed by atoms with van der Waals surface area (Å²) in [5.74, 6) is 0. The molecule has 1 atom stereocenters. The Kier molecular flexibility index (Phi) is 4.79. The summed E-state index contributed by atoms with van der Waals surface area (Å²) < 4.78 is 5.54. The Morgan fingerprint density at radius 3 is 2.59 bits per heavy atom. The minimum absolute atomic E-state index is 0.530. The zero-order valence-electron chi connectivity index (χ0n) is 13.0. The number of oxime groups is 1. The second-order valence-electron chi connectivity index (χ2n) is 5.64. The van der Waals surface area contributed by atoms with Crippen LogP contribution in [0, 0.1) is 13.8 Å². The van der Waals surface area contributed by atoms with Crippen LogP contribution in [0.3, 0.4) is 0 Å². The second kappa shape index (κ2) is 6.80. The average Bonchev–Trinajstić information content (AvgIpc) is 2.50. The van der Waals surface area contributed by atoms with Gasteiger partial charge in [-0.05, 0) is 38.1 Å². The number of nitrogens with zero attached hydrogens (tertiary/aromatic N) is 1. The fourth-order valence-corrected chi connectivity index (χ4v) is 3.99. The van der Waals surface area contributed by atoms with E-state index in [9.17, 15) is 0 Å². The summed E-state index contributed by atoms with van der Waals surface area (Å²) in [4.78, 5) is 2.37. The molecule has 3 rings (SSSR count). The summed E-state index contributed by atoms with van der Waals surface area (Å²) in [5.41, 5.74) is 4.77. The van der Waals surface area contributed by atoms with Gasteiger partial charge in [0.15, 0.2) is 0 Å². The first-order valence-corrected chi connectivity index (χ1v) is 8.99. The highest BCUT2D eigenvalue weighted by Gasteiger charge is 2.22. The third kappa shape index (κ3) is 3.68. The Labute approximate surface area is 140 Å². The molecular weight excluding hydrogens is 310 g/mol. The van der Waals surface area contributed by atoms with E-state index in [4.69, 9.17) is 4.28 Å². The van der Waals surface area contributed by atoms with Crippen LogP contribution in [0.25, 0.3) is 0 Å². The molecule has 0 fully saturated rings. The highest BCUT2D eigenvalue weighted by Crippen LogP contribution is 2.36. The summed E-state index contributed by atoms with van der Waals surface area (Å²) in [5, 5.41) is 4.93.